The van der Waals surface area contributed by atoms with Crippen LogP contribution in [0.15, 0.2) is 52.3 Å². The van der Waals surface area contributed by atoms with Gasteiger partial charge in [0.05, 0.1) is 17.1 Å². The Balaban J connectivity index is 2.25. The van der Waals surface area contributed by atoms with E-state index in [0.717, 1.165) is 0 Å². The summed E-state index contributed by atoms with van der Waals surface area (Å²) in [5, 5.41) is 4.43. The lowest BCUT2D eigenvalue weighted by Crippen LogP contribution is -2.35. The molecule has 0 saturated carbocycles. The van der Waals surface area contributed by atoms with Crippen molar-refractivity contribution < 1.29 is 0 Å². The number of nitrogens with zero attached hydrogens (tertiary/aromatic N) is 3. The SMILES string of the molecule is CN(C)c1cccc2c1N(N(C)C)c1ccccc1S2. The molecule has 20 heavy (non-hydrogen) atoms. The van der Waals surface area contributed by atoms with E-state index in [0.29, 0.717) is 0 Å². The first kappa shape index (κ1) is 13.3. The second-order valence-corrected chi connectivity index (χ2v) is 6.33. The number of hydrogen-bond donors (Lipinski definition) is 0. The van der Waals surface area contributed by atoms with E-state index in [1.54, 1.807) is 0 Å². The number of benzene rings is 2. The minimum Gasteiger partial charge on any atom is -0.376 e. The molecule has 0 atom stereocenters. The summed E-state index contributed by atoms with van der Waals surface area (Å²) in [4.78, 5) is 4.76. The van der Waals surface area contributed by atoms with Crippen molar-refractivity contribution in [2.24, 2.45) is 0 Å². The second kappa shape index (κ2) is 5.04. The molecule has 3 nitrogen and oxygen atoms in total. The lowest BCUT2D eigenvalue weighted by atomic mass is 10.2. The van der Waals surface area contributed by atoms with Gasteiger partial charge in [0.15, 0.2) is 0 Å². The topological polar surface area (TPSA) is 9.72 Å². The molecule has 0 radical (unpaired) electrons. The predicted octanol–water partition coefficient (Wildman–Crippen LogP) is 3.83. The van der Waals surface area contributed by atoms with Crippen molar-refractivity contribution in [3.63, 3.8) is 0 Å². The first-order valence-electron chi connectivity index (χ1n) is 6.64. The zero-order chi connectivity index (χ0) is 14.3. The molecule has 0 N–H and O–H groups in total. The number of fused-ring (bicyclic) bond motifs is 2. The first-order chi connectivity index (χ1) is 9.59. The van der Waals surface area contributed by atoms with Crippen LogP contribution in [0.25, 0.3) is 0 Å². The zero-order valence-corrected chi connectivity index (χ0v) is 13.1. The summed E-state index contributed by atoms with van der Waals surface area (Å²) in [7, 11) is 8.36. The maximum Gasteiger partial charge on any atom is 0.0953 e. The number of anilines is 3. The van der Waals surface area contributed by atoms with Crippen molar-refractivity contribution in [3.8, 4) is 0 Å². The molecule has 3 rings (SSSR count). The second-order valence-electron chi connectivity index (χ2n) is 5.25. The highest BCUT2D eigenvalue weighted by Crippen LogP contribution is 2.51. The van der Waals surface area contributed by atoms with Crippen LogP contribution in [0.4, 0.5) is 17.1 Å². The van der Waals surface area contributed by atoms with Crippen LogP contribution >= 0.6 is 11.8 Å². The fourth-order valence-electron chi connectivity index (χ4n) is 2.54. The summed E-state index contributed by atoms with van der Waals surface area (Å²) in [6.07, 6.45) is 0. The van der Waals surface area contributed by atoms with Crippen molar-refractivity contribution in [1.82, 2.24) is 5.01 Å². The van der Waals surface area contributed by atoms with Crippen molar-refractivity contribution in [1.29, 1.82) is 0 Å². The van der Waals surface area contributed by atoms with Crippen LogP contribution in [-0.4, -0.2) is 33.2 Å². The van der Waals surface area contributed by atoms with Crippen molar-refractivity contribution >= 4 is 28.8 Å². The third kappa shape index (κ3) is 2.05. The normalized spacial score (nSPS) is 13.2. The van der Waals surface area contributed by atoms with E-state index < -0.39 is 0 Å². The molecule has 0 aromatic heterocycles. The van der Waals surface area contributed by atoms with Gasteiger partial charge in [-0.3, -0.25) is 5.01 Å². The van der Waals surface area contributed by atoms with E-state index in [1.165, 1.54) is 26.9 Å². The fourth-order valence-corrected chi connectivity index (χ4v) is 3.62. The predicted molar refractivity (Wildman–Crippen MR) is 87.2 cm³/mol. The average molecular weight is 285 g/mol. The van der Waals surface area contributed by atoms with Gasteiger partial charge in [0.25, 0.3) is 0 Å². The molecular formula is C16H19N3S. The number of rotatable bonds is 2. The first-order valence-corrected chi connectivity index (χ1v) is 7.46. The summed E-state index contributed by atoms with van der Waals surface area (Å²) in [6, 6.07) is 15.0. The molecule has 0 amide bonds. The molecule has 2 aromatic rings. The monoisotopic (exact) mass is 285 g/mol. The summed E-state index contributed by atoms with van der Waals surface area (Å²) in [5.41, 5.74) is 3.73. The van der Waals surface area contributed by atoms with Crippen LogP contribution in [0.3, 0.4) is 0 Å². The minimum atomic E-state index is 1.23. The van der Waals surface area contributed by atoms with Crippen LogP contribution in [0.1, 0.15) is 0 Å². The minimum absolute atomic E-state index is 1.23. The van der Waals surface area contributed by atoms with Gasteiger partial charge >= 0.3 is 0 Å². The Morgan fingerprint density at radius 3 is 2.25 bits per heavy atom. The van der Waals surface area contributed by atoms with E-state index in [-0.39, 0.29) is 0 Å². The smallest absolute Gasteiger partial charge is 0.0953 e. The van der Waals surface area contributed by atoms with E-state index in [9.17, 15) is 0 Å². The summed E-state index contributed by atoms with van der Waals surface area (Å²) in [5.74, 6) is 0. The molecule has 0 saturated heterocycles. The van der Waals surface area contributed by atoms with Crippen LogP contribution in [0.5, 0.6) is 0 Å². The Bertz CT molecular complexity index is 637. The van der Waals surface area contributed by atoms with Gasteiger partial charge in [-0.2, -0.15) is 0 Å². The zero-order valence-electron chi connectivity index (χ0n) is 12.3. The molecule has 0 spiro atoms. The summed E-state index contributed by atoms with van der Waals surface area (Å²) < 4.78 is 0. The van der Waals surface area contributed by atoms with Crippen molar-refractivity contribution in [3.05, 3.63) is 42.5 Å². The van der Waals surface area contributed by atoms with Gasteiger partial charge in [0.1, 0.15) is 0 Å². The van der Waals surface area contributed by atoms with Crippen molar-refractivity contribution in [2.75, 3.05) is 38.1 Å². The molecule has 0 fully saturated rings. The fraction of sp³-hybridized carbons (Fsp3) is 0.250. The number of hydrazine groups is 1. The van der Waals surface area contributed by atoms with Crippen molar-refractivity contribution in [2.45, 2.75) is 9.79 Å². The van der Waals surface area contributed by atoms with E-state index in [1.807, 2.05) is 11.8 Å². The molecule has 4 heteroatoms. The molecule has 0 unspecified atom stereocenters. The Morgan fingerprint density at radius 1 is 0.850 bits per heavy atom. The third-order valence-electron chi connectivity index (χ3n) is 3.38. The van der Waals surface area contributed by atoms with Crippen LogP contribution in [0, 0.1) is 0 Å². The van der Waals surface area contributed by atoms with Gasteiger partial charge in [-0.05, 0) is 24.3 Å². The van der Waals surface area contributed by atoms with E-state index in [2.05, 4.69) is 85.6 Å². The molecule has 1 aliphatic rings. The Labute approximate surface area is 124 Å². The van der Waals surface area contributed by atoms with Gasteiger partial charge in [-0.25, -0.2) is 5.01 Å². The molecule has 104 valence electrons. The maximum atomic E-state index is 2.29. The van der Waals surface area contributed by atoms with E-state index >= 15 is 0 Å². The highest BCUT2D eigenvalue weighted by molar-refractivity contribution is 7.99. The average Bonchev–Trinajstić information content (AvgIpc) is 2.43. The molecule has 2 aromatic carbocycles. The molecular weight excluding hydrogens is 266 g/mol. The summed E-state index contributed by atoms with van der Waals surface area (Å²) >= 11 is 1.84. The summed E-state index contributed by atoms with van der Waals surface area (Å²) in [6.45, 7) is 0. The van der Waals surface area contributed by atoms with Gasteiger partial charge in [0.2, 0.25) is 0 Å². The lowest BCUT2D eigenvalue weighted by Gasteiger charge is -2.39. The number of hydrogen-bond acceptors (Lipinski definition) is 4. The largest absolute Gasteiger partial charge is 0.376 e. The Hall–Kier alpha value is -1.65. The van der Waals surface area contributed by atoms with Crippen LogP contribution < -0.4 is 9.91 Å². The van der Waals surface area contributed by atoms with Crippen LogP contribution in [0.2, 0.25) is 0 Å². The third-order valence-corrected chi connectivity index (χ3v) is 4.50. The Kier molecular flexibility index (Phi) is 3.36. The van der Waals surface area contributed by atoms with Gasteiger partial charge in [0, 0.05) is 38.0 Å². The highest BCUT2D eigenvalue weighted by atomic mass is 32.2. The maximum absolute atomic E-state index is 2.29. The molecule has 1 aliphatic heterocycles. The van der Waals surface area contributed by atoms with Gasteiger partial charge < -0.3 is 4.90 Å². The number of para-hydroxylation sites is 2. The highest BCUT2D eigenvalue weighted by Gasteiger charge is 2.27. The van der Waals surface area contributed by atoms with Gasteiger partial charge in [-0.15, -0.1) is 0 Å². The lowest BCUT2D eigenvalue weighted by molar-refractivity contribution is 0.413. The molecule has 1 heterocycles. The Morgan fingerprint density at radius 2 is 1.55 bits per heavy atom. The standard InChI is InChI=1S/C16H19N3S/c1-17(2)13-9-7-11-15-16(13)19(18(3)4)12-8-5-6-10-14(12)20-15/h5-11H,1-4H3. The molecule has 0 bridgehead atoms. The quantitative estimate of drug-likeness (QED) is 0.829. The van der Waals surface area contributed by atoms with E-state index in [4.69, 9.17) is 0 Å². The molecule has 0 aliphatic carbocycles. The van der Waals surface area contributed by atoms with Gasteiger partial charge in [-0.1, -0.05) is 30.0 Å². The van der Waals surface area contributed by atoms with Crippen LogP contribution in [-0.2, 0) is 0 Å².